The van der Waals surface area contributed by atoms with Gasteiger partial charge >= 0.3 is 0 Å². The molecule has 1 amide bonds. The molecule has 0 saturated carbocycles. The summed E-state index contributed by atoms with van der Waals surface area (Å²) in [6, 6.07) is 11.5. The molecule has 1 atom stereocenters. The number of nitrogens with one attached hydrogen (secondary N) is 1. The molecule has 128 valence electrons. The van der Waals surface area contributed by atoms with Crippen LogP contribution in [0.3, 0.4) is 0 Å². The summed E-state index contributed by atoms with van der Waals surface area (Å²) in [7, 11) is 0. The van der Waals surface area contributed by atoms with Gasteiger partial charge in [-0.1, -0.05) is 19.9 Å². The maximum absolute atomic E-state index is 12.1. The Labute approximate surface area is 147 Å². The molecule has 24 heavy (non-hydrogen) atoms. The molecular formula is C19H24N2O2S. The Balaban J connectivity index is 1.81. The molecule has 0 aliphatic rings. The minimum absolute atomic E-state index is 0.151. The zero-order chi connectivity index (χ0) is 17.4. The molecule has 5 heteroatoms. The Hall–Kier alpha value is -1.85. The van der Waals surface area contributed by atoms with Gasteiger partial charge in [0.15, 0.2) is 0 Å². The SMILES string of the molecule is CC(C)CC(O)CNC(=O)c1ccc(SCc2cccnc2)cc1. The van der Waals surface area contributed by atoms with E-state index in [1.54, 1.807) is 18.0 Å². The van der Waals surface area contributed by atoms with Gasteiger partial charge in [-0.15, -0.1) is 11.8 Å². The minimum atomic E-state index is -0.497. The molecule has 2 N–H and O–H groups in total. The highest BCUT2D eigenvalue weighted by Gasteiger charge is 2.10. The lowest BCUT2D eigenvalue weighted by molar-refractivity contribution is 0.0900. The molecule has 0 radical (unpaired) electrons. The fourth-order valence-electron chi connectivity index (χ4n) is 2.29. The van der Waals surface area contributed by atoms with E-state index in [-0.39, 0.29) is 12.5 Å². The van der Waals surface area contributed by atoms with Gasteiger partial charge in [0.1, 0.15) is 0 Å². The number of aliphatic hydroxyl groups is 1. The molecule has 4 nitrogen and oxygen atoms in total. The van der Waals surface area contributed by atoms with Crippen LogP contribution in [0.5, 0.6) is 0 Å². The van der Waals surface area contributed by atoms with Crippen LogP contribution in [0.2, 0.25) is 0 Å². The Bertz CT molecular complexity index is 630. The first-order valence-electron chi connectivity index (χ1n) is 8.12. The minimum Gasteiger partial charge on any atom is -0.391 e. The highest BCUT2D eigenvalue weighted by molar-refractivity contribution is 7.98. The van der Waals surface area contributed by atoms with Gasteiger partial charge in [-0.05, 0) is 48.2 Å². The Morgan fingerprint density at radius 2 is 2.00 bits per heavy atom. The van der Waals surface area contributed by atoms with Crippen LogP contribution in [-0.4, -0.2) is 28.6 Å². The van der Waals surface area contributed by atoms with Crippen molar-refractivity contribution in [2.75, 3.05) is 6.54 Å². The number of pyridine rings is 1. The summed E-state index contributed by atoms with van der Waals surface area (Å²) in [4.78, 5) is 17.3. The third kappa shape index (κ3) is 6.34. The number of carbonyl (C=O) groups excluding carboxylic acids is 1. The number of hydrogen-bond acceptors (Lipinski definition) is 4. The second-order valence-corrected chi connectivity index (χ2v) is 7.22. The summed E-state index contributed by atoms with van der Waals surface area (Å²) in [5.74, 6) is 1.11. The summed E-state index contributed by atoms with van der Waals surface area (Å²) < 4.78 is 0. The topological polar surface area (TPSA) is 62.2 Å². The monoisotopic (exact) mass is 344 g/mol. The van der Waals surface area contributed by atoms with Gasteiger partial charge in [0.05, 0.1) is 6.10 Å². The van der Waals surface area contributed by atoms with Crippen molar-refractivity contribution < 1.29 is 9.90 Å². The normalized spacial score (nSPS) is 12.2. The van der Waals surface area contributed by atoms with Crippen LogP contribution in [0.25, 0.3) is 0 Å². The van der Waals surface area contributed by atoms with Crippen LogP contribution in [-0.2, 0) is 5.75 Å². The predicted octanol–water partition coefficient (Wildman–Crippen LogP) is 3.51. The molecule has 0 spiro atoms. The lowest BCUT2D eigenvalue weighted by Crippen LogP contribution is -2.32. The number of carbonyl (C=O) groups is 1. The van der Waals surface area contributed by atoms with Crippen molar-refractivity contribution in [2.45, 2.75) is 37.0 Å². The van der Waals surface area contributed by atoms with Gasteiger partial charge in [0.2, 0.25) is 0 Å². The van der Waals surface area contributed by atoms with E-state index in [0.717, 1.165) is 10.6 Å². The lowest BCUT2D eigenvalue weighted by Gasteiger charge is -2.14. The third-order valence-corrected chi connectivity index (χ3v) is 4.57. The molecule has 0 aliphatic heterocycles. The summed E-state index contributed by atoms with van der Waals surface area (Å²) in [6.45, 7) is 4.38. The zero-order valence-electron chi connectivity index (χ0n) is 14.1. The van der Waals surface area contributed by atoms with Gasteiger partial charge in [-0.2, -0.15) is 0 Å². The first-order valence-corrected chi connectivity index (χ1v) is 9.11. The van der Waals surface area contributed by atoms with Crippen LogP contribution in [0.4, 0.5) is 0 Å². The van der Waals surface area contributed by atoms with Gasteiger partial charge in [-0.3, -0.25) is 9.78 Å². The highest BCUT2D eigenvalue weighted by Crippen LogP contribution is 2.22. The quantitative estimate of drug-likeness (QED) is 0.719. The molecular weight excluding hydrogens is 320 g/mol. The Kier molecular flexibility index (Phi) is 7.28. The molecule has 1 aromatic heterocycles. The lowest BCUT2D eigenvalue weighted by atomic mass is 10.1. The molecule has 0 saturated heterocycles. The fourth-order valence-corrected chi connectivity index (χ4v) is 3.13. The smallest absolute Gasteiger partial charge is 0.251 e. The molecule has 1 aromatic carbocycles. The van der Waals surface area contributed by atoms with E-state index in [4.69, 9.17) is 0 Å². The van der Waals surface area contributed by atoms with Crippen LogP contribution >= 0.6 is 11.8 Å². The second kappa shape index (κ2) is 9.45. The van der Waals surface area contributed by atoms with Gasteiger partial charge in [0.25, 0.3) is 5.91 Å². The van der Waals surface area contributed by atoms with E-state index < -0.39 is 6.10 Å². The maximum atomic E-state index is 12.1. The molecule has 2 aromatic rings. The Morgan fingerprint density at radius 1 is 1.25 bits per heavy atom. The van der Waals surface area contributed by atoms with E-state index >= 15 is 0 Å². The molecule has 1 heterocycles. The Morgan fingerprint density at radius 3 is 2.62 bits per heavy atom. The van der Waals surface area contributed by atoms with Crippen molar-refractivity contribution in [1.29, 1.82) is 0 Å². The van der Waals surface area contributed by atoms with E-state index in [9.17, 15) is 9.90 Å². The average Bonchev–Trinajstić information content (AvgIpc) is 2.58. The zero-order valence-corrected chi connectivity index (χ0v) is 14.9. The first-order chi connectivity index (χ1) is 11.5. The summed E-state index contributed by atoms with van der Waals surface area (Å²) in [5.41, 5.74) is 1.78. The van der Waals surface area contributed by atoms with Crippen LogP contribution < -0.4 is 5.32 Å². The predicted molar refractivity (Wildman–Crippen MR) is 98.0 cm³/mol. The van der Waals surface area contributed by atoms with Crippen molar-refractivity contribution >= 4 is 17.7 Å². The number of nitrogens with zero attached hydrogens (tertiary/aromatic N) is 1. The van der Waals surface area contributed by atoms with E-state index in [2.05, 4.69) is 10.3 Å². The highest BCUT2D eigenvalue weighted by atomic mass is 32.2. The van der Waals surface area contributed by atoms with E-state index in [0.29, 0.717) is 17.9 Å². The number of aromatic nitrogens is 1. The van der Waals surface area contributed by atoms with E-state index in [1.807, 2.05) is 56.4 Å². The van der Waals surface area contributed by atoms with Crippen molar-refractivity contribution in [3.05, 3.63) is 59.9 Å². The fraction of sp³-hybridized carbons (Fsp3) is 0.368. The van der Waals surface area contributed by atoms with Crippen LogP contribution in [0.15, 0.2) is 53.7 Å². The number of rotatable bonds is 8. The van der Waals surface area contributed by atoms with E-state index in [1.165, 1.54) is 5.56 Å². The standard InChI is InChI=1S/C19H24N2O2S/c1-14(2)10-17(22)12-21-19(23)16-5-7-18(8-6-16)24-13-15-4-3-9-20-11-15/h3-9,11,14,17,22H,10,12-13H2,1-2H3,(H,21,23). The van der Waals surface area contributed by atoms with Crippen molar-refractivity contribution in [3.8, 4) is 0 Å². The summed E-state index contributed by atoms with van der Waals surface area (Å²) in [5, 5.41) is 12.6. The largest absolute Gasteiger partial charge is 0.391 e. The maximum Gasteiger partial charge on any atom is 0.251 e. The summed E-state index contributed by atoms with van der Waals surface area (Å²) in [6.07, 6.45) is 3.81. The molecule has 1 unspecified atom stereocenters. The van der Waals surface area contributed by atoms with Crippen LogP contribution in [0.1, 0.15) is 36.2 Å². The van der Waals surface area contributed by atoms with Crippen LogP contribution in [0, 0.1) is 5.92 Å². The summed E-state index contributed by atoms with van der Waals surface area (Å²) >= 11 is 1.71. The average molecular weight is 344 g/mol. The van der Waals surface area contributed by atoms with Gasteiger partial charge in [-0.25, -0.2) is 0 Å². The van der Waals surface area contributed by atoms with Crippen molar-refractivity contribution in [2.24, 2.45) is 5.92 Å². The third-order valence-electron chi connectivity index (χ3n) is 3.49. The molecule has 2 rings (SSSR count). The molecule has 0 bridgehead atoms. The first kappa shape index (κ1) is 18.5. The van der Waals surface area contributed by atoms with Crippen molar-refractivity contribution in [1.82, 2.24) is 10.3 Å². The van der Waals surface area contributed by atoms with Crippen molar-refractivity contribution in [3.63, 3.8) is 0 Å². The number of hydrogen-bond donors (Lipinski definition) is 2. The number of thioether (sulfide) groups is 1. The van der Waals surface area contributed by atoms with Gasteiger partial charge < -0.3 is 10.4 Å². The second-order valence-electron chi connectivity index (χ2n) is 6.17. The van der Waals surface area contributed by atoms with Gasteiger partial charge in [0, 0.05) is 35.2 Å². The number of amides is 1. The molecule has 0 fully saturated rings. The molecule has 0 aliphatic carbocycles. The number of aliphatic hydroxyl groups excluding tert-OH is 1. The number of benzene rings is 1.